The number of piperidine rings is 1. The zero-order chi connectivity index (χ0) is 22.5. The second kappa shape index (κ2) is 10.0. The van der Waals surface area contributed by atoms with Gasteiger partial charge in [0, 0.05) is 56.3 Å². The number of anilines is 1. The highest BCUT2D eigenvalue weighted by molar-refractivity contribution is 7.09. The van der Waals surface area contributed by atoms with Crippen LogP contribution in [0.4, 0.5) is 14.9 Å². The molecule has 4 rings (SSSR count). The fourth-order valence-corrected chi connectivity index (χ4v) is 5.02. The van der Waals surface area contributed by atoms with Crippen molar-refractivity contribution in [1.29, 1.82) is 0 Å². The van der Waals surface area contributed by atoms with E-state index in [9.17, 15) is 14.0 Å². The molecule has 3 heterocycles. The van der Waals surface area contributed by atoms with Crippen LogP contribution in [0.3, 0.4) is 0 Å². The van der Waals surface area contributed by atoms with Gasteiger partial charge in [-0.2, -0.15) is 0 Å². The van der Waals surface area contributed by atoms with Crippen LogP contribution in [-0.4, -0.2) is 72.7 Å². The first-order chi connectivity index (χ1) is 15.5. The van der Waals surface area contributed by atoms with E-state index in [0.717, 1.165) is 23.5 Å². The van der Waals surface area contributed by atoms with E-state index in [1.54, 1.807) is 17.0 Å². The molecule has 32 heavy (non-hydrogen) atoms. The second-order valence-corrected chi connectivity index (χ2v) is 8.74. The lowest BCUT2D eigenvalue weighted by molar-refractivity contribution is 0.0741. The van der Waals surface area contributed by atoms with Crippen molar-refractivity contribution < 1.29 is 18.7 Å². The molecule has 9 heteroatoms. The summed E-state index contributed by atoms with van der Waals surface area (Å²) in [4.78, 5) is 35.1. The largest absolute Gasteiger partial charge is 0.436 e. The summed E-state index contributed by atoms with van der Waals surface area (Å²) in [6, 6.07) is 6.43. The molecule has 168 valence electrons. The van der Waals surface area contributed by atoms with Gasteiger partial charge >= 0.3 is 6.09 Å². The third-order valence-corrected chi connectivity index (χ3v) is 6.89. The van der Waals surface area contributed by atoms with Crippen LogP contribution in [0.5, 0.6) is 0 Å². The zero-order valence-electron chi connectivity index (χ0n) is 17.7. The summed E-state index contributed by atoms with van der Waals surface area (Å²) >= 11 is 1.50. The smallest absolute Gasteiger partial charge is 0.410 e. The Morgan fingerprint density at radius 2 is 1.78 bits per heavy atom. The van der Waals surface area contributed by atoms with Crippen LogP contribution in [0.15, 0.2) is 29.6 Å². The van der Waals surface area contributed by atoms with Crippen molar-refractivity contribution in [3.8, 4) is 12.3 Å². The van der Waals surface area contributed by atoms with Crippen molar-refractivity contribution in [3.63, 3.8) is 0 Å². The van der Waals surface area contributed by atoms with Crippen LogP contribution in [0, 0.1) is 18.2 Å². The second-order valence-electron chi connectivity index (χ2n) is 7.85. The van der Waals surface area contributed by atoms with E-state index in [1.807, 2.05) is 10.3 Å². The van der Waals surface area contributed by atoms with E-state index in [1.165, 1.54) is 23.5 Å². The molecule has 0 atom stereocenters. The van der Waals surface area contributed by atoms with Gasteiger partial charge in [-0.05, 0) is 37.1 Å². The van der Waals surface area contributed by atoms with Gasteiger partial charge in [0.25, 0.3) is 5.91 Å². The first kappa shape index (κ1) is 22.1. The number of aromatic nitrogens is 1. The minimum absolute atomic E-state index is 0.0190. The van der Waals surface area contributed by atoms with Crippen molar-refractivity contribution in [2.45, 2.75) is 18.8 Å². The minimum Gasteiger partial charge on any atom is -0.436 e. The number of ether oxygens (including phenoxy) is 1. The zero-order valence-corrected chi connectivity index (χ0v) is 18.5. The van der Waals surface area contributed by atoms with Crippen molar-refractivity contribution in [3.05, 3.63) is 46.2 Å². The Bertz CT molecular complexity index is 987. The fraction of sp³-hybridized carbons (Fsp3) is 0.435. The van der Waals surface area contributed by atoms with Gasteiger partial charge < -0.3 is 19.4 Å². The molecule has 0 unspecified atom stereocenters. The summed E-state index contributed by atoms with van der Waals surface area (Å²) in [5, 5.41) is 2.77. The van der Waals surface area contributed by atoms with E-state index in [2.05, 4.69) is 15.8 Å². The Morgan fingerprint density at radius 3 is 2.44 bits per heavy atom. The monoisotopic (exact) mass is 456 g/mol. The summed E-state index contributed by atoms with van der Waals surface area (Å²) in [6.07, 6.45) is 6.31. The molecular formula is C23H25FN4O3S. The van der Waals surface area contributed by atoms with Crippen LogP contribution < -0.4 is 4.90 Å². The summed E-state index contributed by atoms with van der Waals surface area (Å²) in [7, 11) is 0. The predicted octanol–water partition coefficient (Wildman–Crippen LogP) is 3.19. The molecule has 1 aromatic carbocycles. The van der Waals surface area contributed by atoms with Gasteiger partial charge in [-0.25, -0.2) is 14.2 Å². The van der Waals surface area contributed by atoms with Crippen LogP contribution in [0.25, 0.3) is 0 Å². The van der Waals surface area contributed by atoms with E-state index in [0.29, 0.717) is 45.0 Å². The molecule has 1 aromatic heterocycles. The van der Waals surface area contributed by atoms with Crippen LogP contribution in [-0.2, 0) is 4.74 Å². The maximum atomic E-state index is 13.1. The van der Waals surface area contributed by atoms with Gasteiger partial charge in [0.15, 0.2) is 6.61 Å². The molecule has 0 saturated carbocycles. The number of benzene rings is 1. The number of nitrogens with zero attached hydrogens (tertiary/aromatic N) is 4. The number of thiazole rings is 1. The molecule has 0 N–H and O–H groups in total. The first-order valence-electron chi connectivity index (χ1n) is 10.7. The molecule has 7 nitrogen and oxygen atoms in total. The molecule has 0 spiro atoms. The summed E-state index contributed by atoms with van der Waals surface area (Å²) in [5.41, 5.74) is 1.44. The number of carbonyl (C=O) groups excluding carboxylic acids is 2. The topological polar surface area (TPSA) is 66.0 Å². The predicted molar refractivity (Wildman–Crippen MR) is 120 cm³/mol. The van der Waals surface area contributed by atoms with Crippen molar-refractivity contribution >= 4 is 29.0 Å². The number of terminal acetylenes is 1. The maximum Gasteiger partial charge on any atom is 0.410 e. The highest BCUT2D eigenvalue weighted by Crippen LogP contribution is 2.31. The molecule has 2 aromatic rings. The number of hydrogen-bond donors (Lipinski definition) is 0. The average molecular weight is 457 g/mol. The number of piperazine rings is 1. The molecule has 2 saturated heterocycles. The first-order valence-corrected chi connectivity index (χ1v) is 11.5. The van der Waals surface area contributed by atoms with Crippen molar-refractivity contribution in [2.24, 2.45) is 0 Å². The molecule has 2 aliphatic rings. The third-order valence-electron chi connectivity index (χ3n) is 5.88. The number of amides is 2. The maximum absolute atomic E-state index is 13.1. The standard InChI is InChI=1S/C23H25FN4O3S/c1-2-15-31-23(30)28-9-7-17(8-10-28)21-25-20(16-32-21)22(29)27-13-11-26(12-14-27)19-5-3-18(24)4-6-19/h1,3-6,16-17H,7-15H2. The van der Waals surface area contributed by atoms with Gasteiger partial charge in [-0.1, -0.05) is 5.92 Å². The highest BCUT2D eigenvalue weighted by atomic mass is 32.1. The molecule has 0 aliphatic carbocycles. The number of halogens is 1. The van der Waals surface area contributed by atoms with E-state index >= 15 is 0 Å². The summed E-state index contributed by atoms with van der Waals surface area (Å²) in [5.74, 6) is 2.22. The third kappa shape index (κ3) is 5.02. The molecule has 2 amide bonds. The number of carbonyl (C=O) groups is 2. The van der Waals surface area contributed by atoms with Crippen LogP contribution >= 0.6 is 11.3 Å². The molecule has 2 aliphatic heterocycles. The van der Waals surface area contributed by atoms with Gasteiger partial charge in [0.1, 0.15) is 11.5 Å². The Morgan fingerprint density at radius 1 is 1.09 bits per heavy atom. The number of rotatable bonds is 4. The Hall–Kier alpha value is -3.12. The Kier molecular flexibility index (Phi) is 6.90. The van der Waals surface area contributed by atoms with Crippen LogP contribution in [0.2, 0.25) is 0 Å². The molecule has 2 fully saturated rings. The highest BCUT2D eigenvalue weighted by Gasteiger charge is 2.28. The van der Waals surface area contributed by atoms with Crippen molar-refractivity contribution in [1.82, 2.24) is 14.8 Å². The molecule has 0 bridgehead atoms. The fourth-order valence-electron chi connectivity index (χ4n) is 4.06. The van der Waals surface area contributed by atoms with Gasteiger partial charge in [0.2, 0.25) is 0 Å². The summed E-state index contributed by atoms with van der Waals surface area (Å²) < 4.78 is 18.1. The number of likely N-dealkylation sites (tertiary alicyclic amines) is 1. The Labute approximate surface area is 190 Å². The lowest BCUT2D eigenvalue weighted by Gasteiger charge is -2.35. The van der Waals surface area contributed by atoms with Gasteiger partial charge in [-0.3, -0.25) is 4.79 Å². The van der Waals surface area contributed by atoms with E-state index in [-0.39, 0.29) is 30.3 Å². The Balaban J connectivity index is 1.28. The lowest BCUT2D eigenvalue weighted by Crippen LogP contribution is -2.48. The minimum atomic E-state index is -0.379. The van der Waals surface area contributed by atoms with E-state index in [4.69, 9.17) is 11.2 Å². The normalized spacial score (nSPS) is 17.2. The van der Waals surface area contributed by atoms with Gasteiger partial charge in [-0.15, -0.1) is 17.8 Å². The SMILES string of the molecule is C#CCOC(=O)N1CCC(c2nc(C(=O)N3CCN(c4ccc(F)cc4)CC3)cs2)CC1. The van der Waals surface area contributed by atoms with Gasteiger partial charge in [0.05, 0.1) is 5.01 Å². The number of hydrogen-bond acceptors (Lipinski definition) is 6. The lowest BCUT2D eigenvalue weighted by atomic mass is 9.98. The summed E-state index contributed by atoms with van der Waals surface area (Å²) in [6.45, 7) is 3.74. The average Bonchev–Trinajstić information content (AvgIpc) is 3.33. The molecule has 0 radical (unpaired) electrons. The molecular weight excluding hydrogens is 431 g/mol. The quantitative estimate of drug-likeness (QED) is 0.661. The van der Waals surface area contributed by atoms with Crippen molar-refractivity contribution in [2.75, 3.05) is 50.8 Å². The van der Waals surface area contributed by atoms with E-state index < -0.39 is 0 Å². The van der Waals surface area contributed by atoms with Crippen LogP contribution in [0.1, 0.15) is 34.3 Å².